The molecule has 0 amide bonds. The fraction of sp³-hybridized carbons (Fsp3) is 0.556. The highest BCUT2D eigenvalue weighted by Crippen LogP contribution is 2.07. The van der Waals surface area contributed by atoms with Crippen molar-refractivity contribution in [3.8, 4) is 0 Å². The Kier molecular flexibility index (Phi) is 4.78. The highest BCUT2D eigenvalue weighted by Gasteiger charge is 1.97. The van der Waals surface area contributed by atoms with Crippen LogP contribution in [0.3, 0.4) is 0 Å². The van der Waals surface area contributed by atoms with Gasteiger partial charge in [0.25, 0.3) is 0 Å². The molecule has 1 aromatic rings. The van der Waals surface area contributed by atoms with Gasteiger partial charge in [0.05, 0.1) is 5.75 Å². The lowest BCUT2D eigenvalue weighted by molar-refractivity contribution is 0.883. The summed E-state index contributed by atoms with van der Waals surface area (Å²) in [5.74, 6) is 2.91. The zero-order valence-electron chi connectivity index (χ0n) is 7.86. The zero-order valence-corrected chi connectivity index (χ0v) is 8.68. The molecule has 3 nitrogen and oxygen atoms in total. The Morgan fingerprint density at radius 1 is 1.54 bits per heavy atom. The first-order chi connectivity index (χ1) is 6.36. The molecule has 1 aromatic heterocycles. The van der Waals surface area contributed by atoms with Crippen LogP contribution >= 0.6 is 11.8 Å². The van der Waals surface area contributed by atoms with Crippen molar-refractivity contribution >= 4 is 11.8 Å². The Morgan fingerprint density at radius 2 is 2.38 bits per heavy atom. The fourth-order valence-corrected chi connectivity index (χ4v) is 1.52. The van der Waals surface area contributed by atoms with Gasteiger partial charge in [0, 0.05) is 18.3 Å². The van der Waals surface area contributed by atoms with Gasteiger partial charge in [-0.25, -0.2) is 9.97 Å². The van der Waals surface area contributed by atoms with Crippen LogP contribution in [0.2, 0.25) is 0 Å². The quantitative estimate of drug-likeness (QED) is 0.771. The van der Waals surface area contributed by atoms with Crippen LogP contribution in [-0.4, -0.2) is 22.3 Å². The maximum absolute atomic E-state index is 5.45. The molecular weight excluding hydrogens is 182 g/mol. The van der Waals surface area contributed by atoms with Crippen LogP contribution < -0.4 is 5.73 Å². The molecule has 1 heterocycles. The van der Waals surface area contributed by atoms with E-state index in [1.807, 2.05) is 24.0 Å². The van der Waals surface area contributed by atoms with E-state index in [0.717, 1.165) is 29.4 Å². The van der Waals surface area contributed by atoms with Crippen LogP contribution in [0, 0.1) is 0 Å². The van der Waals surface area contributed by atoms with Crippen LogP contribution in [-0.2, 0) is 12.2 Å². The molecule has 0 saturated carbocycles. The molecule has 0 spiro atoms. The first kappa shape index (κ1) is 10.5. The van der Waals surface area contributed by atoms with E-state index in [1.54, 1.807) is 0 Å². The van der Waals surface area contributed by atoms with Crippen LogP contribution in [0.15, 0.2) is 12.3 Å². The molecule has 13 heavy (non-hydrogen) atoms. The number of rotatable bonds is 5. The van der Waals surface area contributed by atoms with Crippen molar-refractivity contribution in [2.24, 2.45) is 5.73 Å². The minimum absolute atomic E-state index is 0.650. The average Bonchev–Trinajstić information content (AvgIpc) is 2.16. The molecule has 4 heteroatoms. The smallest absolute Gasteiger partial charge is 0.138 e. The third-order valence-corrected chi connectivity index (χ3v) is 2.47. The van der Waals surface area contributed by atoms with Crippen molar-refractivity contribution in [3.63, 3.8) is 0 Å². The normalized spacial score (nSPS) is 10.3. The second-order valence-corrected chi connectivity index (χ2v) is 3.91. The first-order valence-electron chi connectivity index (χ1n) is 4.45. The SMILES string of the molecule is CCSCc1nccc(CCN)n1. The van der Waals surface area contributed by atoms with Crippen molar-refractivity contribution < 1.29 is 0 Å². The molecule has 0 aliphatic rings. The Labute approximate surface area is 83.2 Å². The standard InChI is InChI=1S/C9H15N3S/c1-2-13-7-9-11-6-4-8(12-9)3-5-10/h4,6H,2-3,5,7,10H2,1H3. The molecule has 2 N–H and O–H groups in total. The highest BCUT2D eigenvalue weighted by atomic mass is 32.2. The van der Waals surface area contributed by atoms with Crippen LogP contribution in [0.1, 0.15) is 18.4 Å². The van der Waals surface area contributed by atoms with E-state index < -0.39 is 0 Å². The lowest BCUT2D eigenvalue weighted by Gasteiger charge is -2.01. The van der Waals surface area contributed by atoms with E-state index in [1.165, 1.54) is 0 Å². The van der Waals surface area contributed by atoms with Gasteiger partial charge in [0.1, 0.15) is 5.82 Å². The summed E-state index contributed by atoms with van der Waals surface area (Å²) in [6.07, 6.45) is 2.65. The lowest BCUT2D eigenvalue weighted by atomic mass is 10.3. The number of nitrogens with zero attached hydrogens (tertiary/aromatic N) is 2. The minimum Gasteiger partial charge on any atom is -0.330 e. The Hall–Kier alpha value is -0.610. The summed E-state index contributed by atoms with van der Waals surface area (Å²) in [7, 11) is 0. The molecule has 0 aromatic carbocycles. The van der Waals surface area contributed by atoms with Gasteiger partial charge < -0.3 is 5.73 Å². The summed E-state index contributed by atoms with van der Waals surface area (Å²) < 4.78 is 0. The fourth-order valence-electron chi connectivity index (χ4n) is 0.991. The van der Waals surface area contributed by atoms with Crippen molar-refractivity contribution in [2.75, 3.05) is 12.3 Å². The van der Waals surface area contributed by atoms with Gasteiger partial charge in [0.2, 0.25) is 0 Å². The van der Waals surface area contributed by atoms with Gasteiger partial charge in [-0.3, -0.25) is 0 Å². The number of aromatic nitrogens is 2. The summed E-state index contributed by atoms with van der Waals surface area (Å²) in [5.41, 5.74) is 6.49. The monoisotopic (exact) mass is 197 g/mol. The second-order valence-electron chi connectivity index (χ2n) is 2.64. The minimum atomic E-state index is 0.650. The van der Waals surface area contributed by atoms with Gasteiger partial charge >= 0.3 is 0 Å². The summed E-state index contributed by atoms with van der Waals surface area (Å²) >= 11 is 1.83. The van der Waals surface area contributed by atoms with E-state index in [0.29, 0.717) is 6.54 Å². The molecular formula is C9H15N3S. The largest absolute Gasteiger partial charge is 0.330 e. The van der Waals surface area contributed by atoms with Crippen LogP contribution in [0.25, 0.3) is 0 Å². The van der Waals surface area contributed by atoms with E-state index in [-0.39, 0.29) is 0 Å². The van der Waals surface area contributed by atoms with E-state index in [2.05, 4.69) is 16.9 Å². The molecule has 0 unspecified atom stereocenters. The molecule has 0 fully saturated rings. The summed E-state index contributed by atoms with van der Waals surface area (Å²) in [6.45, 7) is 2.78. The maximum Gasteiger partial charge on any atom is 0.138 e. The summed E-state index contributed by atoms with van der Waals surface area (Å²) in [5, 5.41) is 0. The summed E-state index contributed by atoms with van der Waals surface area (Å²) in [6, 6.07) is 1.92. The Balaban J connectivity index is 2.56. The van der Waals surface area contributed by atoms with E-state index >= 15 is 0 Å². The number of thioether (sulfide) groups is 1. The van der Waals surface area contributed by atoms with Gasteiger partial charge in [-0.2, -0.15) is 11.8 Å². The molecule has 0 saturated heterocycles. The molecule has 0 aliphatic carbocycles. The third kappa shape index (κ3) is 3.74. The van der Waals surface area contributed by atoms with Gasteiger partial charge in [-0.15, -0.1) is 0 Å². The Bertz CT molecular complexity index is 252. The number of hydrogen-bond donors (Lipinski definition) is 1. The maximum atomic E-state index is 5.45. The molecule has 1 rings (SSSR count). The van der Waals surface area contributed by atoms with Crippen molar-refractivity contribution in [3.05, 3.63) is 23.8 Å². The van der Waals surface area contributed by atoms with Gasteiger partial charge in [-0.05, 0) is 18.4 Å². The molecule has 0 radical (unpaired) electrons. The van der Waals surface area contributed by atoms with Crippen LogP contribution in [0.4, 0.5) is 0 Å². The van der Waals surface area contributed by atoms with Gasteiger partial charge in [-0.1, -0.05) is 6.92 Å². The summed E-state index contributed by atoms with van der Waals surface area (Å²) in [4.78, 5) is 8.57. The third-order valence-electron chi connectivity index (χ3n) is 1.60. The Morgan fingerprint density at radius 3 is 3.08 bits per heavy atom. The predicted molar refractivity (Wildman–Crippen MR) is 56.6 cm³/mol. The lowest BCUT2D eigenvalue weighted by Crippen LogP contribution is -2.06. The van der Waals surface area contributed by atoms with Crippen LogP contribution in [0.5, 0.6) is 0 Å². The average molecular weight is 197 g/mol. The topological polar surface area (TPSA) is 51.8 Å². The zero-order chi connectivity index (χ0) is 9.52. The number of nitrogens with two attached hydrogens (primary N) is 1. The van der Waals surface area contributed by atoms with E-state index in [4.69, 9.17) is 5.73 Å². The van der Waals surface area contributed by atoms with Crippen molar-refractivity contribution in [1.29, 1.82) is 0 Å². The molecule has 0 atom stereocenters. The first-order valence-corrected chi connectivity index (χ1v) is 5.61. The van der Waals surface area contributed by atoms with Crippen molar-refractivity contribution in [1.82, 2.24) is 9.97 Å². The predicted octanol–water partition coefficient (Wildman–Crippen LogP) is 1.23. The molecule has 72 valence electrons. The highest BCUT2D eigenvalue weighted by molar-refractivity contribution is 7.98. The van der Waals surface area contributed by atoms with E-state index in [9.17, 15) is 0 Å². The molecule has 0 aliphatic heterocycles. The van der Waals surface area contributed by atoms with Gasteiger partial charge in [0.15, 0.2) is 0 Å². The second kappa shape index (κ2) is 5.94. The van der Waals surface area contributed by atoms with Crippen molar-refractivity contribution in [2.45, 2.75) is 19.1 Å². The number of hydrogen-bond acceptors (Lipinski definition) is 4. The molecule has 0 bridgehead atoms.